The highest BCUT2D eigenvalue weighted by molar-refractivity contribution is 5.20. The number of hydrogen-bond acceptors (Lipinski definition) is 2. The predicted octanol–water partition coefficient (Wildman–Crippen LogP) is 3.21. The van der Waals surface area contributed by atoms with E-state index in [0.29, 0.717) is 12.1 Å². The number of hydrogen-bond donors (Lipinski definition) is 1. The second-order valence-electron chi connectivity index (χ2n) is 5.42. The quantitative estimate of drug-likeness (QED) is 0.858. The summed E-state index contributed by atoms with van der Waals surface area (Å²) in [7, 11) is 0. The average Bonchev–Trinajstić information content (AvgIpc) is 2.82. The molecule has 1 N–H and O–H groups in total. The zero-order valence-corrected chi connectivity index (χ0v) is 11.9. The molecule has 0 radical (unpaired) electrons. The SMILES string of the molecule is CCNC(c1ccccc1)C(C)N1CCCC1C. The first kappa shape index (κ1) is 13.6. The highest BCUT2D eigenvalue weighted by Crippen LogP contribution is 2.27. The minimum atomic E-state index is 0.441. The molecule has 0 saturated carbocycles. The van der Waals surface area contributed by atoms with Gasteiger partial charge in [0.05, 0.1) is 0 Å². The summed E-state index contributed by atoms with van der Waals surface area (Å²) < 4.78 is 0. The maximum absolute atomic E-state index is 3.65. The topological polar surface area (TPSA) is 15.3 Å². The molecule has 1 aromatic carbocycles. The molecule has 0 aromatic heterocycles. The van der Waals surface area contributed by atoms with Crippen molar-refractivity contribution in [3.63, 3.8) is 0 Å². The van der Waals surface area contributed by atoms with Crippen molar-refractivity contribution in [2.45, 2.75) is 51.7 Å². The Kier molecular flexibility index (Phi) is 4.79. The molecule has 2 rings (SSSR count). The van der Waals surface area contributed by atoms with E-state index >= 15 is 0 Å². The van der Waals surface area contributed by atoms with Crippen LogP contribution in [0.4, 0.5) is 0 Å². The Morgan fingerprint density at radius 3 is 2.61 bits per heavy atom. The molecule has 0 aliphatic carbocycles. The maximum atomic E-state index is 3.65. The summed E-state index contributed by atoms with van der Waals surface area (Å²) >= 11 is 0. The summed E-state index contributed by atoms with van der Waals surface area (Å²) in [6.45, 7) is 9.18. The van der Waals surface area contributed by atoms with E-state index in [0.717, 1.165) is 12.6 Å². The number of rotatable bonds is 5. The van der Waals surface area contributed by atoms with E-state index in [1.165, 1.54) is 24.9 Å². The number of likely N-dealkylation sites (N-methyl/N-ethyl adjacent to an activating group) is 1. The third kappa shape index (κ3) is 2.93. The predicted molar refractivity (Wildman–Crippen MR) is 77.7 cm³/mol. The van der Waals surface area contributed by atoms with Gasteiger partial charge >= 0.3 is 0 Å². The van der Waals surface area contributed by atoms with Gasteiger partial charge in [0.2, 0.25) is 0 Å². The molecule has 1 aliphatic rings. The zero-order chi connectivity index (χ0) is 13.0. The Bertz CT molecular complexity index is 349. The van der Waals surface area contributed by atoms with Gasteiger partial charge in [0, 0.05) is 18.1 Å². The Morgan fingerprint density at radius 2 is 2.06 bits per heavy atom. The first-order valence-corrected chi connectivity index (χ1v) is 7.28. The highest BCUT2D eigenvalue weighted by Gasteiger charge is 2.30. The lowest BCUT2D eigenvalue weighted by Crippen LogP contribution is -2.44. The largest absolute Gasteiger partial charge is 0.309 e. The lowest BCUT2D eigenvalue weighted by molar-refractivity contribution is 0.164. The van der Waals surface area contributed by atoms with Gasteiger partial charge < -0.3 is 5.32 Å². The molecular weight excluding hydrogens is 220 g/mol. The maximum Gasteiger partial charge on any atom is 0.0475 e. The van der Waals surface area contributed by atoms with E-state index < -0.39 is 0 Å². The van der Waals surface area contributed by atoms with Crippen LogP contribution in [0.5, 0.6) is 0 Å². The van der Waals surface area contributed by atoms with Crippen molar-refractivity contribution >= 4 is 0 Å². The average molecular weight is 246 g/mol. The Labute approximate surface area is 111 Å². The summed E-state index contributed by atoms with van der Waals surface area (Å²) in [5.74, 6) is 0. The molecule has 2 nitrogen and oxygen atoms in total. The Hall–Kier alpha value is -0.860. The number of benzene rings is 1. The van der Waals surface area contributed by atoms with Crippen LogP contribution in [-0.4, -0.2) is 30.1 Å². The molecular formula is C16H26N2. The summed E-state index contributed by atoms with van der Waals surface area (Å²) in [4.78, 5) is 2.65. The monoisotopic (exact) mass is 246 g/mol. The zero-order valence-electron chi connectivity index (χ0n) is 11.9. The van der Waals surface area contributed by atoms with Gasteiger partial charge in [-0.3, -0.25) is 4.90 Å². The molecule has 1 fully saturated rings. The summed E-state index contributed by atoms with van der Waals surface area (Å²) in [5.41, 5.74) is 1.41. The number of likely N-dealkylation sites (tertiary alicyclic amines) is 1. The van der Waals surface area contributed by atoms with Crippen LogP contribution in [0.25, 0.3) is 0 Å². The second kappa shape index (κ2) is 6.35. The van der Waals surface area contributed by atoms with E-state index in [2.05, 4.69) is 61.3 Å². The molecule has 18 heavy (non-hydrogen) atoms. The van der Waals surface area contributed by atoms with Crippen molar-refractivity contribution in [3.05, 3.63) is 35.9 Å². The molecule has 2 heteroatoms. The molecule has 1 aliphatic heterocycles. The molecule has 0 amide bonds. The summed E-state index contributed by atoms with van der Waals surface area (Å²) in [6, 6.07) is 12.6. The van der Waals surface area contributed by atoms with Gasteiger partial charge in [-0.25, -0.2) is 0 Å². The lowest BCUT2D eigenvalue weighted by atomic mass is 9.98. The van der Waals surface area contributed by atoms with Crippen molar-refractivity contribution in [1.29, 1.82) is 0 Å². The van der Waals surface area contributed by atoms with Crippen molar-refractivity contribution in [2.75, 3.05) is 13.1 Å². The first-order valence-electron chi connectivity index (χ1n) is 7.28. The van der Waals surface area contributed by atoms with Crippen LogP contribution in [0.15, 0.2) is 30.3 Å². The van der Waals surface area contributed by atoms with Gasteiger partial charge in [-0.15, -0.1) is 0 Å². The van der Waals surface area contributed by atoms with Crippen LogP contribution < -0.4 is 5.32 Å². The molecule has 3 unspecified atom stereocenters. The van der Waals surface area contributed by atoms with Crippen LogP contribution in [0.1, 0.15) is 45.2 Å². The van der Waals surface area contributed by atoms with Crippen LogP contribution in [-0.2, 0) is 0 Å². The lowest BCUT2D eigenvalue weighted by Gasteiger charge is -2.35. The Balaban J connectivity index is 2.14. The van der Waals surface area contributed by atoms with Gasteiger partial charge in [-0.05, 0) is 45.3 Å². The minimum Gasteiger partial charge on any atom is -0.309 e. The highest BCUT2D eigenvalue weighted by atomic mass is 15.2. The van der Waals surface area contributed by atoms with Crippen molar-refractivity contribution in [2.24, 2.45) is 0 Å². The Morgan fingerprint density at radius 1 is 1.33 bits per heavy atom. The van der Waals surface area contributed by atoms with Crippen molar-refractivity contribution < 1.29 is 0 Å². The van der Waals surface area contributed by atoms with Gasteiger partial charge in [-0.1, -0.05) is 37.3 Å². The number of nitrogens with zero attached hydrogens (tertiary/aromatic N) is 1. The molecule has 3 atom stereocenters. The van der Waals surface area contributed by atoms with Crippen LogP contribution in [0.3, 0.4) is 0 Å². The second-order valence-corrected chi connectivity index (χ2v) is 5.42. The van der Waals surface area contributed by atoms with Gasteiger partial charge in [0.25, 0.3) is 0 Å². The molecule has 1 saturated heterocycles. The third-order valence-corrected chi connectivity index (χ3v) is 4.19. The summed E-state index contributed by atoms with van der Waals surface area (Å²) in [6.07, 6.45) is 2.69. The fraction of sp³-hybridized carbons (Fsp3) is 0.625. The first-order chi connectivity index (χ1) is 8.74. The molecule has 100 valence electrons. The molecule has 0 bridgehead atoms. The van der Waals surface area contributed by atoms with E-state index in [9.17, 15) is 0 Å². The minimum absolute atomic E-state index is 0.441. The van der Waals surface area contributed by atoms with Gasteiger partial charge in [0.15, 0.2) is 0 Å². The van der Waals surface area contributed by atoms with Crippen LogP contribution in [0, 0.1) is 0 Å². The smallest absolute Gasteiger partial charge is 0.0475 e. The van der Waals surface area contributed by atoms with Crippen molar-refractivity contribution in [3.8, 4) is 0 Å². The van der Waals surface area contributed by atoms with Gasteiger partial charge in [-0.2, -0.15) is 0 Å². The fourth-order valence-corrected chi connectivity index (χ4v) is 3.20. The van der Waals surface area contributed by atoms with E-state index in [1.807, 2.05) is 0 Å². The standard InChI is InChI=1S/C16H26N2/c1-4-17-16(15-10-6-5-7-11-15)14(3)18-12-8-9-13(18)2/h5-7,10-11,13-14,16-17H,4,8-9,12H2,1-3H3. The third-order valence-electron chi connectivity index (χ3n) is 4.19. The molecule has 1 aromatic rings. The normalized spacial score (nSPS) is 24.1. The van der Waals surface area contributed by atoms with E-state index in [4.69, 9.17) is 0 Å². The molecule has 0 spiro atoms. The van der Waals surface area contributed by atoms with Crippen LogP contribution in [0.2, 0.25) is 0 Å². The van der Waals surface area contributed by atoms with Crippen molar-refractivity contribution in [1.82, 2.24) is 10.2 Å². The fourth-order valence-electron chi connectivity index (χ4n) is 3.20. The van der Waals surface area contributed by atoms with E-state index in [-0.39, 0.29) is 0 Å². The van der Waals surface area contributed by atoms with Crippen LogP contribution >= 0.6 is 0 Å². The van der Waals surface area contributed by atoms with E-state index in [1.54, 1.807) is 0 Å². The summed E-state index contributed by atoms with van der Waals surface area (Å²) in [5, 5.41) is 3.65. The number of nitrogens with one attached hydrogen (secondary N) is 1. The van der Waals surface area contributed by atoms with Gasteiger partial charge in [0.1, 0.15) is 0 Å². The molecule has 1 heterocycles.